The Morgan fingerprint density at radius 2 is 1.95 bits per heavy atom. The van der Waals surface area contributed by atoms with Crippen LogP contribution in [0.3, 0.4) is 0 Å². The van der Waals surface area contributed by atoms with E-state index >= 15 is 0 Å². The molecule has 2 nitrogen and oxygen atoms in total. The fourth-order valence-corrected chi connectivity index (χ4v) is 2.34. The second kappa shape index (κ2) is 8.57. The van der Waals surface area contributed by atoms with Crippen molar-refractivity contribution >= 4 is 11.6 Å². The van der Waals surface area contributed by atoms with Crippen LogP contribution in [-0.4, -0.2) is 26.3 Å². The van der Waals surface area contributed by atoms with Gasteiger partial charge in [-0.25, -0.2) is 0 Å². The van der Waals surface area contributed by atoms with Crippen LogP contribution in [0.5, 0.6) is 0 Å². The van der Waals surface area contributed by atoms with E-state index in [2.05, 4.69) is 38.2 Å². The predicted molar refractivity (Wildman–Crippen MR) is 83.0 cm³/mol. The standard InChI is InChI=1S/C16H26ClNO/c1-12(2)10-18-11-15(8-13(3)19-4)14-6-5-7-16(17)9-14/h5-7,9,12-13,15,18H,8,10-11H2,1-4H3. The summed E-state index contributed by atoms with van der Waals surface area (Å²) in [6, 6.07) is 8.15. The van der Waals surface area contributed by atoms with E-state index in [4.69, 9.17) is 16.3 Å². The van der Waals surface area contributed by atoms with Crippen LogP contribution in [0, 0.1) is 5.92 Å². The van der Waals surface area contributed by atoms with Gasteiger partial charge in [-0.15, -0.1) is 0 Å². The van der Waals surface area contributed by atoms with E-state index in [1.165, 1.54) is 5.56 Å². The first-order valence-corrected chi connectivity index (χ1v) is 7.39. The summed E-state index contributed by atoms with van der Waals surface area (Å²) < 4.78 is 5.40. The third-order valence-corrected chi connectivity index (χ3v) is 3.52. The maximum absolute atomic E-state index is 6.09. The fraction of sp³-hybridized carbons (Fsp3) is 0.625. The van der Waals surface area contributed by atoms with Crippen LogP contribution in [-0.2, 0) is 4.74 Å². The van der Waals surface area contributed by atoms with Crippen molar-refractivity contribution in [1.29, 1.82) is 0 Å². The molecule has 2 atom stereocenters. The van der Waals surface area contributed by atoms with E-state index < -0.39 is 0 Å². The Balaban J connectivity index is 2.68. The summed E-state index contributed by atoms with van der Waals surface area (Å²) in [5.41, 5.74) is 1.28. The van der Waals surface area contributed by atoms with Gasteiger partial charge in [0.1, 0.15) is 0 Å². The highest BCUT2D eigenvalue weighted by molar-refractivity contribution is 6.30. The molecule has 0 amide bonds. The maximum Gasteiger partial charge on any atom is 0.0549 e. The summed E-state index contributed by atoms with van der Waals surface area (Å²) in [6.07, 6.45) is 1.26. The smallest absolute Gasteiger partial charge is 0.0549 e. The van der Waals surface area contributed by atoms with Crippen molar-refractivity contribution in [3.8, 4) is 0 Å². The summed E-state index contributed by atoms with van der Waals surface area (Å²) in [6.45, 7) is 8.56. The topological polar surface area (TPSA) is 21.3 Å². The van der Waals surface area contributed by atoms with Gasteiger partial charge < -0.3 is 10.1 Å². The van der Waals surface area contributed by atoms with Crippen molar-refractivity contribution in [3.63, 3.8) is 0 Å². The predicted octanol–water partition coefficient (Wildman–Crippen LogP) is 4.09. The molecular weight excluding hydrogens is 258 g/mol. The van der Waals surface area contributed by atoms with Gasteiger partial charge in [-0.2, -0.15) is 0 Å². The third kappa shape index (κ3) is 6.42. The molecule has 3 heteroatoms. The molecule has 0 aliphatic rings. The van der Waals surface area contributed by atoms with E-state index in [1.54, 1.807) is 7.11 Å². The molecule has 0 aliphatic carbocycles. The van der Waals surface area contributed by atoms with E-state index in [9.17, 15) is 0 Å². The van der Waals surface area contributed by atoms with E-state index in [1.807, 2.05) is 12.1 Å². The minimum absolute atomic E-state index is 0.254. The van der Waals surface area contributed by atoms with E-state index in [0.29, 0.717) is 11.8 Å². The lowest BCUT2D eigenvalue weighted by molar-refractivity contribution is 0.104. The van der Waals surface area contributed by atoms with Gasteiger partial charge in [0.05, 0.1) is 6.10 Å². The van der Waals surface area contributed by atoms with Crippen molar-refractivity contribution < 1.29 is 4.74 Å². The molecule has 0 aliphatic heterocycles. The molecular formula is C16H26ClNO. The molecule has 1 N–H and O–H groups in total. The zero-order chi connectivity index (χ0) is 14.3. The lowest BCUT2D eigenvalue weighted by Crippen LogP contribution is -2.27. The molecule has 0 saturated carbocycles. The monoisotopic (exact) mass is 283 g/mol. The van der Waals surface area contributed by atoms with Gasteiger partial charge in [-0.1, -0.05) is 37.6 Å². The number of halogens is 1. The third-order valence-electron chi connectivity index (χ3n) is 3.28. The minimum atomic E-state index is 0.254. The molecule has 1 aromatic carbocycles. The summed E-state index contributed by atoms with van der Waals surface area (Å²) in [7, 11) is 1.77. The highest BCUT2D eigenvalue weighted by Gasteiger charge is 2.15. The van der Waals surface area contributed by atoms with Crippen LogP contribution in [0.15, 0.2) is 24.3 Å². The molecule has 0 fully saturated rings. The van der Waals surface area contributed by atoms with Crippen LogP contribution >= 0.6 is 11.6 Å². The Kier molecular flexibility index (Phi) is 7.44. The maximum atomic E-state index is 6.09. The number of benzene rings is 1. The summed E-state index contributed by atoms with van der Waals surface area (Å²) in [5.74, 6) is 1.10. The lowest BCUT2D eigenvalue weighted by Gasteiger charge is -2.22. The first-order valence-electron chi connectivity index (χ1n) is 7.02. The molecule has 0 spiro atoms. The molecule has 0 heterocycles. The van der Waals surface area contributed by atoms with Crippen LogP contribution < -0.4 is 5.32 Å². The molecule has 0 aromatic heterocycles. The van der Waals surface area contributed by atoms with Crippen molar-refractivity contribution in [2.24, 2.45) is 5.92 Å². The number of hydrogen-bond donors (Lipinski definition) is 1. The van der Waals surface area contributed by atoms with Crippen molar-refractivity contribution in [2.75, 3.05) is 20.2 Å². The van der Waals surface area contributed by atoms with Gasteiger partial charge in [0, 0.05) is 18.7 Å². The van der Waals surface area contributed by atoms with E-state index in [-0.39, 0.29) is 6.10 Å². The van der Waals surface area contributed by atoms with Crippen LogP contribution in [0.4, 0.5) is 0 Å². The Morgan fingerprint density at radius 3 is 2.53 bits per heavy atom. The Bertz CT molecular complexity index is 368. The van der Waals surface area contributed by atoms with E-state index in [0.717, 1.165) is 24.5 Å². The molecule has 0 radical (unpaired) electrons. The number of methoxy groups -OCH3 is 1. The van der Waals surface area contributed by atoms with Gasteiger partial charge in [0.15, 0.2) is 0 Å². The lowest BCUT2D eigenvalue weighted by atomic mass is 9.93. The second-order valence-corrected chi connectivity index (χ2v) is 6.02. The van der Waals surface area contributed by atoms with Gasteiger partial charge in [0.25, 0.3) is 0 Å². The SMILES string of the molecule is COC(C)CC(CNCC(C)C)c1cccc(Cl)c1. The zero-order valence-electron chi connectivity index (χ0n) is 12.4. The molecule has 0 saturated heterocycles. The van der Waals surface area contributed by atoms with Gasteiger partial charge in [0.2, 0.25) is 0 Å². The second-order valence-electron chi connectivity index (χ2n) is 5.59. The first-order chi connectivity index (χ1) is 9.02. The highest BCUT2D eigenvalue weighted by Crippen LogP contribution is 2.24. The molecule has 108 valence electrons. The number of ether oxygens (including phenoxy) is 1. The van der Waals surface area contributed by atoms with Gasteiger partial charge in [-0.05, 0) is 49.4 Å². The van der Waals surface area contributed by atoms with Crippen LogP contribution in [0.2, 0.25) is 5.02 Å². The summed E-state index contributed by atoms with van der Waals surface area (Å²) in [4.78, 5) is 0. The quantitative estimate of drug-likeness (QED) is 0.776. The molecule has 19 heavy (non-hydrogen) atoms. The largest absolute Gasteiger partial charge is 0.382 e. The molecule has 1 rings (SSSR count). The van der Waals surface area contributed by atoms with Crippen molar-refractivity contribution in [2.45, 2.75) is 39.2 Å². The summed E-state index contributed by atoms with van der Waals surface area (Å²) in [5, 5.41) is 4.34. The molecule has 1 aromatic rings. The van der Waals surface area contributed by atoms with Crippen molar-refractivity contribution in [1.82, 2.24) is 5.32 Å². The Labute approximate surface area is 122 Å². The highest BCUT2D eigenvalue weighted by atomic mass is 35.5. The normalized spacial score (nSPS) is 14.6. The first kappa shape index (κ1) is 16.5. The average Bonchev–Trinajstić information content (AvgIpc) is 2.37. The number of hydrogen-bond acceptors (Lipinski definition) is 2. The Morgan fingerprint density at radius 1 is 1.21 bits per heavy atom. The van der Waals surface area contributed by atoms with Crippen LogP contribution in [0.25, 0.3) is 0 Å². The average molecular weight is 284 g/mol. The number of rotatable bonds is 8. The van der Waals surface area contributed by atoms with Gasteiger partial charge in [-0.3, -0.25) is 0 Å². The molecule has 0 bridgehead atoms. The number of nitrogens with one attached hydrogen (secondary N) is 1. The van der Waals surface area contributed by atoms with Crippen LogP contribution in [0.1, 0.15) is 38.7 Å². The summed E-state index contributed by atoms with van der Waals surface area (Å²) >= 11 is 6.09. The molecule has 2 unspecified atom stereocenters. The fourth-order valence-electron chi connectivity index (χ4n) is 2.14. The minimum Gasteiger partial charge on any atom is -0.382 e. The van der Waals surface area contributed by atoms with Crippen molar-refractivity contribution in [3.05, 3.63) is 34.9 Å². The zero-order valence-corrected chi connectivity index (χ0v) is 13.2. The Hall–Kier alpha value is -0.570. The van der Waals surface area contributed by atoms with Gasteiger partial charge >= 0.3 is 0 Å².